The van der Waals surface area contributed by atoms with Crippen molar-refractivity contribution in [2.24, 2.45) is 16.8 Å². The highest BCUT2D eigenvalue weighted by Crippen LogP contribution is 2.59. The zero-order valence-electron chi connectivity index (χ0n) is 20.3. The van der Waals surface area contributed by atoms with Crippen LogP contribution in [0.4, 0.5) is 14.6 Å². The van der Waals surface area contributed by atoms with E-state index in [1.165, 1.54) is 5.57 Å². The molecule has 6 nitrogen and oxygen atoms in total. The second-order valence-electron chi connectivity index (χ2n) is 9.81. The van der Waals surface area contributed by atoms with Gasteiger partial charge in [0.25, 0.3) is 11.8 Å². The topological polar surface area (TPSA) is 62.5 Å². The van der Waals surface area contributed by atoms with E-state index in [1.54, 1.807) is 6.21 Å². The zero-order valence-corrected chi connectivity index (χ0v) is 20.3. The van der Waals surface area contributed by atoms with Crippen molar-refractivity contribution in [2.75, 3.05) is 18.0 Å². The first-order valence-corrected chi connectivity index (χ1v) is 12.2. The van der Waals surface area contributed by atoms with Gasteiger partial charge in [-0.3, -0.25) is 9.79 Å². The number of alkyl halides is 2. The van der Waals surface area contributed by atoms with Crippen LogP contribution >= 0.6 is 0 Å². The van der Waals surface area contributed by atoms with E-state index in [1.807, 2.05) is 66.1 Å². The minimum Gasteiger partial charge on any atom is -0.356 e. The highest BCUT2D eigenvalue weighted by atomic mass is 19.3. The second kappa shape index (κ2) is 9.06. The van der Waals surface area contributed by atoms with Gasteiger partial charge >= 0.3 is 0 Å². The Hall–Kier alpha value is -3.29. The summed E-state index contributed by atoms with van der Waals surface area (Å²) >= 11 is 0. The summed E-state index contributed by atoms with van der Waals surface area (Å²) in [5.41, 5.74) is 4.65. The van der Waals surface area contributed by atoms with Crippen molar-refractivity contribution in [1.29, 1.82) is 0 Å². The molecule has 1 amide bonds. The molecule has 2 aromatic rings. The number of aliphatic imine (C=N–C) groups is 1. The molecule has 35 heavy (non-hydrogen) atoms. The Morgan fingerprint density at radius 1 is 1.26 bits per heavy atom. The van der Waals surface area contributed by atoms with Gasteiger partial charge in [-0.15, -0.1) is 0 Å². The van der Waals surface area contributed by atoms with Crippen LogP contribution in [-0.4, -0.2) is 46.7 Å². The molecule has 3 heterocycles. The fourth-order valence-corrected chi connectivity index (χ4v) is 5.20. The van der Waals surface area contributed by atoms with Crippen LogP contribution in [0.2, 0.25) is 0 Å². The van der Waals surface area contributed by atoms with E-state index in [0.717, 1.165) is 35.6 Å². The zero-order chi connectivity index (χ0) is 24.7. The molecule has 0 spiro atoms. The molecule has 2 fully saturated rings. The van der Waals surface area contributed by atoms with E-state index in [0.29, 0.717) is 25.2 Å². The van der Waals surface area contributed by atoms with Gasteiger partial charge in [0.05, 0.1) is 29.1 Å². The van der Waals surface area contributed by atoms with Crippen molar-refractivity contribution in [3.8, 4) is 0 Å². The molecule has 1 saturated carbocycles. The first kappa shape index (κ1) is 23.5. The van der Waals surface area contributed by atoms with Gasteiger partial charge in [-0.2, -0.15) is 0 Å². The number of hydrogen-bond acceptors (Lipinski definition) is 4. The monoisotopic (exact) mass is 479 g/mol. The number of rotatable bonds is 7. The number of piperidine rings is 1. The third kappa shape index (κ3) is 4.54. The largest absolute Gasteiger partial charge is 0.356 e. The summed E-state index contributed by atoms with van der Waals surface area (Å²) in [6.07, 6.45) is 11.1. The molecule has 0 bridgehead atoms. The van der Waals surface area contributed by atoms with Crippen LogP contribution in [0.3, 0.4) is 0 Å². The molecule has 2 unspecified atom stereocenters. The van der Waals surface area contributed by atoms with Gasteiger partial charge in [0.2, 0.25) is 0 Å². The summed E-state index contributed by atoms with van der Waals surface area (Å²) < 4.78 is 29.0. The van der Waals surface area contributed by atoms with Gasteiger partial charge in [0.1, 0.15) is 5.82 Å². The lowest BCUT2D eigenvalue weighted by atomic mass is 10.2. The lowest BCUT2D eigenvalue weighted by Crippen LogP contribution is -2.34. The summed E-state index contributed by atoms with van der Waals surface area (Å²) in [6.45, 7) is 7.27. The number of aryl methyl sites for hydroxylation is 1. The predicted molar refractivity (Wildman–Crippen MR) is 133 cm³/mol. The number of carbonyl (C=O) groups is 1. The molecule has 2 aliphatic carbocycles. The number of pyridine rings is 1. The fourth-order valence-electron chi connectivity index (χ4n) is 5.20. The first-order chi connectivity index (χ1) is 16.8. The molecule has 8 heteroatoms. The minimum absolute atomic E-state index is 0.0806. The Morgan fingerprint density at radius 2 is 2.03 bits per heavy atom. The summed E-state index contributed by atoms with van der Waals surface area (Å²) in [5.74, 6) is -2.88. The number of anilines is 1. The van der Waals surface area contributed by atoms with Gasteiger partial charge in [0, 0.05) is 43.9 Å². The predicted octanol–water partition coefficient (Wildman–Crippen LogP) is 4.75. The standard InChI is InChI=1S/C27H31F2N5O/c1-4-5-11-30-25-17(2)6-8-23(25)32-26(35)20-10-12-33(14-20)13-19-7-9-24(31-18(19)3)34-15-21-22(16-34)27(21,28)29/h4-5,7,9-12,14,21-23H,6,8,13,15-16H2,1-3H3,(H,32,35)/b5-4+,30-11?/t21?,22?,23-/m1/s1. The van der Waals surface area contributed by atoms with Gasteiger partial charge in [0.15, 0.2) is 0 Å². The van der Waals surface area contributed by atoms with Gasteiger partial charge in [-0.05, 0) is 63.0 Å². The van der Waals surface area contributed by atoms with Crippen LogP contribution in [0.1, 0.15) is 48.3 Å². The number of nitrogens with zero attached hydrogens (tertiary/aromatic N) is 4. The Kier molecular flexibility index (Phi) is 6.07. The summed E-state index contributed by atoms with van der Waals surface area (Å²) in [6, 6.07) is 5.65. The maximum Gasteiger partial charge on any atom is 0.258 e. The van der Waals surface area contributed by atoms with E-state index < -0.39 is 17.8 Å². The number of nitrogens with one attached hydrogen (secondary N) is 1. The van der Waals surface area contributed by atoms with Crippen molar-refractivity contribution >= 4 is 17.9 Å². The lowest BCUT2D eigenvalue weighted by molar-refractivity contribution is 0.0796. The smallest absolute Gasteiger partial charge is 0.258 e. The summed E-state index contributed by atoms with van der Waals surface area (Å²) in [5, 5.41) is 3.12. The molecular weight excluding hydrogens is 448 g/mol. The van der Waals surface area contributed by atoms with E-state index in [4.69, 9.17) is 0 Å². The van der Waals surface area contributed by atoms with Crippen molar-refractivity contribution in [2.45, 2.75) is 52.1 Å². The molecule has 1 saturated heterocycles. The van der Waals surface area contributed by atoms with Crippen LogP contribution in [0.5, 0.6) is 0 Å². The van der Waals surface area contributed by atoms with E-state index in [-0.39, 0.29) is 11.9 Å². The summed E-state index contributed by atoms with van der Waals surface area (Å²) in [7, 11) is 0. The molecule has 2 aromatic heterocycles. The number of aromatic nitrogens is 2. The van der Waals surface area contributed by atoms with Crippen LogP contribution in [-0.2, 0) is 6.54 Å². The first-order valence-electron chi connectivity index (χ1n) is 12.2. The van der Waals surface area contributed by atoms with Gasteiger partial charge < -0.3 is 14.8 Å². The van der Waals surface area contributed by atoms with Crippen LogP contribution in [0.25, 0.3) is 0 Å². The molecular formula is C27H31F2N5O. The highest BCUT2D eigenvalue weighted by molar-refractivity contribution is 5.94. The number of fused-ring (bicyclic) bond motifs is 1. The third-order valence-electron chi connectivity index (χ3n) is 7.44. The van der Waals surface area contributed by atoms with Crippen LogP contribution < -0.4 is 10.2 Å². The molecule has 3 atom stereocenters. The van der Waals surface area contributed by atoms with Gasteiger partial charge in [-0.1, -0.05) is 12.1 Å². The van der Waals surface area contributed by atoms with Crippen molar-refractivity contribution < 1.29 is 13.6 Å². The molecule has 184 valence electrons. The normalized spacial score (nSPS) is 25.2. The Morgan fingerprint density at radius 3 is 2.74 bits per heavy atom. The molecule has 5 rings (SSSR count). The molecule has 1 N–H and O–H groups in total. The number of halogens is 2. The second-order valence-corrected chi connectivity index (χ2v) is 9.81. The molecule has 0 radical (unpaired) electrons. The minimum atomic E-state index is -2.49. The maximum absolute atomic E-state index is 13.5. The van der Waals surface area contributed by atoms with Crippen LogP contribution in [0.15, 0.2) is 59.0 Å². The molecule has 1 aliphatic heterocycles. The fraction of sp³-hybridized carbons (Fsp3) is 0.444. The van der Waals surface area contributed by atoms with E-state index in [9.17, 15) is 13.6 Å². The lowest BCUT2D eigenvalue weighted by Gasteiger charge is -2.21. The average Bonchev–Trinajstić information content (AvgIpc) is 3.36. The van der Waals surface area contributed by atoms with E-state index in [2.05, 4.69) is 22.2 Å². The Labute approximate surface area is 204 Å². The average molecular weight is 480 g/mol. The third-order valence-corrected chi connectivity index (χ3v) is 7.44. The van der Waals surface area contributed by atoms with Crippen molar-refractivity contribution in [3.63, 3.8) is 0 Å². The number of allylic oxidation sites excluding steroid dienone is 3. The van der Waals surface area contributed by atoms with E-state index >= 15 is 0 Å². The van der Waals surface area contributed by atoms with Crippen LogP contribution in [0, 0.1) is 18.8 Å². The Balaban J connectivity index is 1.20. The van der Waals surface area contributed by atoms with Gasteiger partial charge in [-0.25, -0.2) is 13.8 Å². The maximum atomic E-state index is 13.5. The Bertz CT molecular complexity index is 1210. The summed E-state index contributed by atoms with van der Waals surface area (Å²) in [4.78, 5) is 24.1. The van der Waals surface area contributed by atoms with Crippen molar-refractivity contribution in [1.82, 2.24) is 14.9 Å². The number of amides is 1. The molecule has 0 aromatic carbocycles. The highest BCUT2D eigenvalue weighted by Gasteiger charge is 2.71. The number of hydrogen-bond donors (Lipinski definition) is 1. The van der Waals surface area contributed by atoms with Crippen molar-refractivity contribution in [3.05, 3.63) is 70.8 Å². The number of carbonyl (C=O) groups excluding carboxylic acids is 1. The quantitative estimate of drug-likeness (QED) is 0.583. The molecule has 3 aliphatic rings. The SMILES string of the molecule is C/C=C/C=NC1=C(C)CC[C@H]1NC(=O)c1ccn(Cc2ccc(N3CC4C(C3)C4(F)F)nc2C)c1.